The number of aliphatic imine (C=N–C) groups is 2. The third-order valence-corrected chi connectivity index (χ3v) is 0.271. The molecule has 0 bridgehead atoms. The van der Waals surface area contributed by atoms with E-state index in [1.807, 2.05) is 0 Å². The van der Waals surface area contributed by atoms with E-state index in [0.29, 0.717) is 0 Å². The zero-order chi connectivity index (χ0) is 8.24. The summed E-state index contributed by atoms with van der Waals surface area (Å²) >= 11 is 0. The van der Waals surface area contributed by atoms with E-state index in [4.69, 9.17) is 10.2 Å². The Balaban J connectivity index is 0. The number of nitrogens with zero attached hydrogens (tertiary/aromatic N) is 2. The number of rotatable bonds is 2. The molecule has 0 aromatic rings. The molecule has 0 heterocycles. The monoisotopic (exact) mass is 141 g/mol. The van der Waals surface area contributed by atoms with Gasteiger partial charge in [0.1, 0.15) is 0 Å². The van der Waals surface area contributed by atoms with Gasteiger partial charge in [-0.2, -0.15) is 9.98 Å². The van der Waals surface area contributed by atoms with Crippen LogP contribution >= 0.6 is 0 Å². The fraction of sp³-hybridized carbons (Fsp3) is 0.250. The fourth-order valence-electron chi connectivity index (χ4n) is 0.0931. The summed E-state index contributed by atoms with van der Waals surface area (Å²) in [6.45, 7) is -0.160. The first-order chi connectivity index (χ1) is 4.83. The van der Waals surface area contributed by atoms with Gasteiger partial charge in [-0.1, -0.05) is 0 Å². The quantitative estimate of drug-likeness (QED) is 0.415. The molecule has 10 heavy (non-hydrogen) atoms. The van der Waals surface area contributed by atoms with Crippen molar-refractivity contribution < 1.29 is 14.4 Å². The van der Waals surface area contributed by atoms with Crippen LogP contribution in [0.15, 0.2) is 9.98 Å². The van der Waals surface area contributed by atoms with Crippen LogP contribution in [0.3, 0.4) is 0 Å². The first-order valence-corrected chi connectivity index (χ1v) is 1.94. The summed E-state index contributed by atoms with van der Waals surface area (Å²) < 4.78 is 0. The summed E-state index contributed by atoms with van der Waals surface area (Å²) in [5, 5.41) is 5.40. The van der Waals surface area contributed by atoms with E-state index in [1.165, 1.54) is 12.2 Å². The Hall–Kier alpha value is -1.86. The maximum Gasteiger partial charge on any atom is 0.236 e. The molecule has 0 fully saturated rings. The highest BCUT2D eigenvalue weighted by Gasteiger charge is 1.63. The summed E-state index contributed by atoms with van der Waals surface area (Å²) in [5.74, 6) is 0. The smallest absolute Gasteiger partial charge is 0.222 e. The summed E-state index contributed by atoms with van der Waals surface area (Å²) in [7, 11) is 0. The van der Waals surface area contributed by atoms with E-state index in [0.717, 1.165) is 6.08 Å². The Labute approximate surface area is 55.8 Å². The molecular weight excluding hydrogens is 138 g/mol. The zero-order valence-electron chi connectivity index (χ0n) is 4.83. The topological polar surface area (TPSA) is 99.8 Å². The van der Waals surface area contributed by atoms with Crippen molar-refractivity contribution in [1.29, 1.82) is 5.41 Å². The Morgan fingerprint density at radius 3 is 1.60 bits per heavy atom. The molecule has 52 valence electrons. The highest BCUT2D eigenvalue weighted by Crippen LogP contribution is 1.61. The molecule has 0 aliphatic heterocycles. The third-order valence-electron chi connectivity index (χ3n) is 0.271. The molecule has 0 aromatic heterocycles. The molecule has 0 aliphatic carbocycles. The van der Waals surface area contributed by atoms with Gasteiger partial charge in [-0.15, -0.1) is 0 Å². The van der Waals surface area contributed by atoms with Crippen LogP contribution in [-0.4, -0.2) is 24.9 Å². The van der Waals surface area contributed by atoms with Crippen molar-refractivity contribution in [2.75, 3.05) is 6.67 Å². The molecule has 0 rings (SSSR count). The van der Waals surface area contributed by atoms with Crippen LogP contribution in [0.4, 0.5) is 0 Å². The zero-order valence-corrected chi connectivity index (χ0v) is 4.83. The lowest BCUT2D eigenvalue weighted by Crippen LogP contribution is -1.66. The van der Waals surface area contributed by atoms with Gasteiger partial charge in [0.05, 0.1) is 0 Å². The van der Waals surface area contributed by atoms with Crippen molar-refractivity contribution in [1.82, 2.24) is 0 Å². The summed E-state index contributed by atoms with van der Waals surface area (Å²) in [6.07, 6.45) is 3.16. The number of hydrogen-bond acceptors (Lipinski definition) is 6. The Morgan fingerprint density at radius 2 is 1.40 bits per heavy atom. The van der Waals surface area contributed by atoms with Gasteiger partial charge in [0.15, 0.2) is 6.67 Å². The minimum Gasteiger partial charge on any atom is -0.222 e. The molecule has 0 saturated heterocycles. The second-order valence-electron chi connectivity index (χ2n) is 0.742. The SMILES string of the molecule is N=C=O.O=C=NCN=C=O. The van der Waals surface area contributed by atoms with E-state index < -0.39 is 0 Å². The summed E-state index contributed by atoms with van der Waals surface area (Å²) in [6, 6.07) is 0. The van der Waals surface area contributed by atoms with Crippen molar-refractivity contribution in [2.24, 2.45) is 9.98 Å². The minimum absolute atomic E-state index is 0.160. The average Bonchev–Trinajstić information content (AvgIpc) is 1.91. The second-order valence-corrected chi connectivity index (χ2v) is 0.742. The number of isocyanates is 3. The van der Waals surface area contributed by atoms with Crippen molar-refractivity contribution >= 4 is 18.2 Å². The van der Waals surface area contributed by atoms with Gasteiger partial charge in [-0.05, 0) is 0 Å². The Morgan fingerprint density at radius 1 is 1.10 bits per heavy atom. The lowest BCUT2D eigenvalue weighted by molar-refractivity contribution is 0.560. The van der Waals surface area contributed by atoms with Crippen LogP contribution in [-0.2, 0) is 14.4 Å². The van der Waals surface area contributed by atoms with Gasteiger partial charge in [0.2, 0.25) is 18.2 Å². The highest BCUT2D eigenvalue weighted by atomic mass is 16.1. The molecule has 0 unspecified atom stereocenters. The summed E-state index contributed by atoms with van der Waals surface area (Å²) in [5.41, 5.74) is 0. The summed E-state index contributed by atoms with van der Waals surface area (Å²) in [4.78, 5) is 32.6. The van der Waals surface area contributed by atoms with Gasteiger partial charge in [0, 0.05) is 0 Å². The first-order valence-electron chi connectivity index (χ1n) is 1.94. The normalized spacial score (nSPS) is 4.80. The minimum atomic E-state index is -0.160. The van der Waals surface area contributed by atoms with Crippen LogP contribution in [0.2, 0.25) is 0 Å². The molecule has 0 atom stereocenters. The third kappa shape index (κ3) is 35.4. The number of nitrogens with one attached hydrogen (secondary N) is 1. The molecule has 0 aliphatic rings. The lowest BCUT2D eigenvalue weighted by atomic mass is 11.1. The van der Waals surface area contributed by atoms with Crippen LogP contribution in [0.1, 0.15) is 0 Å². The van der Waals surface area contributed by atoms with Crippen molar-refractivity contribution in [3.05, 3.63) is 0 Å². The van der Waals surface area contributed by atoms with E-state index in [9.17, 15) is 9.59 Å². The van der Waals surface area contributed by atoms with Crippen molar-refractivity contribution in [3.8, 4) is 0 Å². The van der Waals surface area contributed by atoms with E-state index >= 15 is 0 Å². The predicted molar refractivity (Wildman–Crippen MR) is 29.5 cm³/mol. The lowest BCUT2D eigenvalue weighted by Gasteiger charge is -1.63. The Bertz CT molecular complexity index is 178. The molecule has 6 heteroatoms. The van der Waals surface area contributed by atoms with E-state index in [-0.39, 0.29) is 6.67 Å². The van der Waals surface area contributed by atoms with Crippen LogP contribution in [0.25, 0.3) is 0 Å². The molecular formula is C4H3N3O3. The maximum absolute atomic E-state index is 9.20. The largest absolute Gasteiger partial charge is 0.236 e. The molecule has 0 spiro atoms. The molecule has 0 radical (unpaired) electrons. The molecule has 0 amide bonds. The van der Waals surface area contributed by atoms with Crippen LogP contribution in [0, 0.1) is 5.41 Å². The maximum atomic E-state index is 9.20. The highest BCUT2D eigenvalue weighted by molar-refractivity contribution is 5.35. The number of hydrogen-bond donors (Lipinski definition) is 1. The van der Waals surface area contributed by atoms with Crippen LogP contribution in [0.5, 0.6) is 0 Å². The fourth-order valence-corrected chi connectivity index (χ4v) is 0.0931. The van der Waals surface area contributed by atoms with Gasteiger partial charge in [0.25, 0.3) is 0 Å². The van der Waals surface area contributed by atoms with Gasteiger partial charge >= 0.3 is 0 Å². The van der Waals surface area contributed by atoms with Gasteiger partial charge in [-0.25, -0.2) is 19.8 Å². The standard InChI is InChI=1S/C3H2N2O2.CHNO/c6-2-4-1-5-3-7;2-1-3/h1H2;2H. The molecule has 6 nitrogen and oxygen atoms in total. The number of carbonyl (C=O) groups excluding carboxylic acids is 3. The van der Waals surface area contributed by atoms with Crippen LogP contribution < -0.4 is 0 Å². The van der Waals surface area contributed by atoms with E-state index in [2.05, 4.69) is 9.98 Å². The molecule has 1 N–H and O–H groups in total. The molecule has 0 aromatic carbocycles. The van der Waals surface area contributed by atoms with Crippen molar-refractivity contribution in [2.45, 2.75) is 0 Å². The van der Waals surface area contributed by atoms with Gasteiger partial charge in [-0.3, -0.25) is 0 Å². The average molecular weight is 141 g/mol. The predicted octanol–water partition coefficient (Wildman–Crippen LogP) is -0.484. The van der Waals surface area contributed by atoms with Crippen molar-refractivity contribution in [3.63, 3.8) is 0 Å². The second kappa shape index (κ2) is 15.7. The van der Waals surface area contributed by atoms with Gasteiger partial charge < -0.3 is 0 Å². The Kier molecular flexibility index (Phi) is 17.3. The first kappa shape index (κ1) is 11.0. The molecule has 0 saturated carbocycles. The van der Waals surface area contributed by atoms with E-state index in [1.54, 1.807) is 0 Å².